The number of aryl methyl sites for hydroxylation is 1. The van der Waals surface area contributed by atoms with E-state index in [2.05, 4.69) is 10.3 Å². The van der Waals surface area contributed by atoms with Crippen LogP contribution in [0.1, 0.15) is 38.3 Å². The molecule has 20 heavy (non-hydrogen) atoms. The molecular formula is C14H19N3O3. The first kappa shape index (κ1) is 13.1. The molecule has 1 saturated heterocycles. The Bertz CT molecular complexity index is 536. The van der Waals surface area contributed by atoms with Crippen molar-refractivity contribution >= 4 is 11.8 Å². The number of amides is 2. The van der Waals surface area contributed by atoms with Crippen molar-refractivity contribution in [1.82, 2.24) is 15.2 Å². The molecule has 2 unspecified atom stereocenters. The highest BCUT2D eigenvalue weighted by Gasteiger charge is 2.45. The smallest absolute Gasteiger partial charge is 0.246 e. The number of hydrogen-bond acceptors (Lipinski definition) is 4. The molecule has 1 aromatic heterocycles. The molecule has 6 heteroatoms. The summed E-state index contributed by atoms with van der Waals surface area (Å²) >= 11 is 0. The summed E-state index contributed by atoms with van der Waals surface area (Å²) < 4.78 is 5.54. The maximum atomic E-state index is 12.5. The molecule has 2 fully saturated rings. The van der Waals surface area contributed by atoms with E-state index in [0.29, 0.717) is 11.8 Å². The number of nitrogens with one attached hydrogen (secondary N) is 1. The Labute approximate surface area is 117 Å². The molecule has 1 aliphatic heterocycles. The highest BCUT2D eigenvalue weighted by Crippen LogP contribution is 2.35. The fourth-order valence-corrected chi connectivity index (χ4v) is 2.54. The Morgan fingerprint density at radius 3 is 2.80 bits per heavy atom. The van der Waals surface area contributed by atoms with Crippen LogP contribution in [0.25, 0.3) is 0 Å². The molecule has 0 bridgehead atoms. The van der Waals surface area contributed by atoms with E-state index >= 15 is 0 Å². The summed E-state index contributed by atoms with van der Waals surface area (Å²) in [5.41, 5.74) is 0. The quantitative estimate of drug-likeness (QED) is 0.885. The van der Waals surface area contributed by atoms with Gasteiger partial charge >= 0.3 is 0 Å². The lowest BCUT2D eigenvalue weighted by Crippen LogP contribution is -2.62. The third-order valence-electron chi connectivity index (χ3n) is 4.04. The summed E-state index contributed by atoms with van der Waals surface area (Å²) in [6.45, 7) is 3.98. The molecule has 2 amide bonds. The molecular weight excluding hydrogens is 258 g/mol. The van der Waals surface area contributed by atoms with Crippen molar-refractivity contribution in [2.45, 2.75) is 51.7 Å². The number of piperazine rings is 1. The van der Waals surface area contributed by atoms with Crippen LogP contribution in [0.15, 0.2) is 10.6 Å². The first-order chi connectivity index (χ1) is 9.60. The maximum Gasteiger partial charge on any atom is 0.246 e. The Balaban J connectivity index is 1.77. The van der Waals surface area contributed by atoms with Crippen LogP contribution in [0, 0.1) is 5.92 Å². The molecule has 1 aliphatic carbocycles. The summed E-state index contributed by atoms with van der Waals surface area (Å²) in [6.07, 6.45) is 4.46. The average Bonchev–Trinajstić information content (AvgIpc) is 3.18. The van der Waals surface area contributed by atoms with Crippen LogP contribution in [-0.4, -0.2) is 33.8 Å². The van der Waals surface area contributed by atoms with Crippen molar-refractivity contribution < 1.29 is 14.0 Å². The van der Waals surface area contributed by atoms with E-state index in [1.165, 1.54) is 0 Å². The molecule has 0 radical (unpaired) electrons. The summed E-state index contributed by atoms with van der Waals surface area (Å²) in [7, 11) is 0. The van der Waals surface area contributed by atoms with E-state index in [4.69, 9.17) is 4.42 Å². The van der Waals surface area contributed by atoms with Crippen molar-refractivity contribution in [3.63, 3.8) is 0 Å². The number of oxazole rings is 1. The summed E-state index contributed by atoms with van der Waals surface area (Å²) in [6, 6.07) is -0.839. The van der Waals surface area contributed by atoms with Crippen molar-refractivity contribution in [1.29, 1.82) is 0 Å². The Hall–Kier alpha value is -1.85. The molecule has 1 aromatic rings. The van der Waals surface area contributed by atoms with Gasteiger partial charge in [0.25, 0.3) is 0 Å². The average molecular weight is 277 g/mol. The fourth-order valence-electron chi connectivity index (χ4n) is 2.54. The van der Waals surface area contributed by atoms with Crippen molar-refractivity contribution in [3.8, 4) is 0 Å². The van der Waals surface area contributed by atoms with Crippen LogP contribution >= 0.6 is 0 Å². The second-order valence-electron chi connectivity index (χ2n) is 5.54. The minimum atomic E-state index is -0.477. The van der Waals surface area contributed by atoms with Crippen molar-refractivity contribution in [2.24, 2.45) is 5.92 Å². The van der Waals surface area contributed by atoms with Crippen molar-refractivity contribution in [2.75, 3.05) is 0 Å². The van der Waals surface area contributed by atoms with Gasteiger partial charge in [-0.25, -0.2) is 4.98 Å². The summed E-state index contributed by atoms with van der Waals surface area (Å²) in [5.74, 6) is 1.48. The highest BCUT2D eigenvalue weighted by molar-refractivity contribution is 5.97. The third kappa shape index (κ3) is 2.30. The van der Waals surface area contributed by atoms with E-state index in [1.54, 1.807) is 18.0 Å². The number of rotatable bonds is 4. The van der Waals surface area contributed by atoms with Gasteiger partial charge < -0.3 is 14.6 Å². The third-order valence-corrected chi connectivity index (χ3v) is 4.04. The van der Waals surface area contributed by atoms with Gasteiger partial charge in [-0.2, -0.15) is 0 Å². The van der Waals surface area contributed by atoms with E-state index in [0.717, 1.165) is 25.0 Å². The second-order valence-corrected chi connectivity index (χ2v) is 5.54. The first-order valence-electron chi connectivity index (χ1n) is 7.14. The lowest BCUT2D eigenvalue weighted by molar-refractivity contribution is -0.150. The number of hydrogen-bond donors (Lipinski definition) is 1. The van der Waals surface area contributed by atoms with Gasteiger partial charge in [-0.05, 0) is 25.7 Å². The number of carbonyl (C=O) groups is 2. The highest BCUT2D eigenvalue weighted by atomic mass is 16.4. The van der Waals surface area contributed by atoms with E-state index in [9.17, 15) is 9.59 Å². The molecule has 0 aromatic carbocycles. The molecule has 6 nitrogen and oxygen atoms in total. The van der Waals surface area contributed by atoms with Crippen LogP contribution in [0.5, 0.6) is 0 Å². The van der Waals surface area contributed by atoms with Gasteiger partial charge in [0.2, 0.25) is 17.7 Å². The first-order valence-corrected chi connectivity index (χ1v) is 7.14. The van der Waals surface area contributed by atoms with Crippen molar-refractivity contribution in [3.05, 3.63) is 17.8 Å². The Kier molecular flexibility index (Phi) is 3.23. The largest absolute Gasteiger partial charge is 0.444 e. The van der Waals surface area contributed by atoms with Crippen LogP contribution in [0.4, 0.5) is 0 Å². The lowest BCUT2D eigenvalue weighted by Gasteiger charge is -2.36. The predicted molar refractivity (Wildman–Crippen MR) is 70.5 cm³/mol. The molecule has 2 atom stereocenters. The van der Waals surface area contributed by atoms with Gasteiger partial charge in [-0.1, -0.05) is 6.92 Å². The van der Waals surface area contributed by atoms with Gasteiger partial charge in [-0.15, -0.1) is 0 Å². The molecule has 0 spiro atoms. The van der Waals surface area contributed by atoms with Gasteiger partial charge in [0.15, 0.2) is 0 Å². The maximum absolute atomic E-state index is 12.5. The lowest BCUT2D eigenvalue weighted by atomic mass is 10.0. The van der Waals surface area contributed by atoms with E-state index in [-0.39, 0.29) is 24.4 Å². The molecule has 108 valence electrons. The number of nitrogens with zero attached hydrogens (tertiary/aromatic N) is 2. The van der Waals surface area contributed by atoms with Gasteiger partial charge in [0, 0.05) is 6.42 Å². The topological polar surface area (TPSA) is 75.4 Å². The molecule has 2 aliphatic rings. The van der Waals surface area contributed by atoms with Gasteiger partial charge in [0.05, 0.1) is 12.7 Å². The minimum absolute atomic E-state index is 0.0177. The summed E-state index contributed by atoms with van der Waals surface area (Å²) in [5, 5.41) is 2.83. The van der Waals surface area contributed by atoms with Crippen LogP contribution in [0.3, 0.4) is 0 Å². The van der Waals surface area contributed by atoms with E-state index in [1.807, 2.05) is 6.92 Å². The van der Waals surface area contributed by atoms with Crippen LogP contribution in [0.2, 0.25) is 0 Å². The standard InChI is InChI=1S/C14H19N3O3/c1-3-10-6-15-11(20-10)7-17-8(2)13(18)16-12(14(17)19)9-4-5-9/h6,8-9,12H,3-5,7H2,1-2H3,(H,16,18). The van der Waals surface area contributed by atoms with Crippen LogP contribution < -0.4 is 5.32 Å². The Morgan fingerprint density at radius 1 is 1.45 bits per heavy atom. The monoisotopic (exact) mass is 277 g/mol. The summed E-state index contributed by atoms with van der Waals surface area (Å²) in [4.78, 5) is 30.2. The minimum Gasteiger partial charge on any atom is -0.444 e. The van der Waals surface area contributed by atoms with Gasteiger partial charge in [-0.3, -0.25) is 9.59 Å². The second kappa shape index (κ2) is 4.92. The zero-order chi connectivity index (χ0) is 14.3. The van der Waals surface area contributed by atoms with E-state index < -0.39 is 6.04 Å². The zero-order valence-corrected chi connectivity index (χ0v) is 11.8. The normalized spacial score (nSPS) is 26.8. The molecule has 3 rings (SSSR count). The molecule has 1 saturated carbocycles. The van der Waals surface area contributed by atoms with Gasteiger partial charge in [0.1, 0.15) is 17.8 Å². The van der Waals surface area contributed by atoms with Crippen LogP contribution in [-0.2, 0) is 22.6 Å². The fraction of sp³-hybridized carbons (Fsp3) is 0.643. The predicted octanol–water partition coefficient (Wildman–Crippen LogP) is 0.862. The Morgan fingerprint density at radius 2 is 2.20 bits per heavy atom. The number of carbonyl (C=O) groups excluding carboxylic acids is 2. The SMILES string of the molecule is CCc1cnc(CN2C(=O)C(C3CC3)NC(=O)C2C)o1. The zero-order valence-electron chi connectivity index (χ0n) is 11.8. The number of aromatic nitrogens is 1. The molecule has 1 N–H and O–H groups in total. The molecule has 2 heterocycles.